The summed E-state index contributed by atoms with van der Waals surface area (Å²) in [4.78, 5) is 53.6. The van der Waals surface area contributed by atoms with Crippen LogP contribution in [-0.2, 0) is 23.9 Å². The second-order valence-corrected chi connectivity index (χ2v) is 19.6. The van der Waals surface area contributed by atoms with E-state index in [0.717, 1.165) is 56.9 Å². The molecule has 8 nitrogen and oxygen atoms in total. The van der Waals surface area contributed by atoms with E-state index in [1.165, 1.54) is 5.57 Å². The smallest absolute Gasteiger partial charge is 0.309 e. The Bertz CT molecular complexity index is 1410. The van der Waals surface area contributed by atoms with Crippen LogP contribution >= 0.6 is 0 Å². The maximum atomic E-state index is 14.4. The van der Waals surface area contributed by atoms with Gasteiger partial charge in [0.15, 0.2) is 5.78 Å². The Labute approximate surface area is 302 Å². The van der Waals surface area contributed by atoms with Crippen molar-refractivity contribution in [1.29, 1.82) is 0 Å². The number of nitrogens with two attached hydrogens (primary N) is 1. The Morgan fingerprint density at radius 2 is 1.56 bits per heavy atom. The molecule has 0 aliphatic heterocycles. The first kappa shape index (κ1) is 39.0. The lowest BCUT2D eigenvalue weighted by Gasteiger charge is -2.71. The molecule has 3 unspecified atom stereocenters. The number of rotatable bonds is 10. The van der Waals surface area contributed by atoms with Gasteiger partial charge >= 0.3 is 11.9 Å². The summed E-state index contributed by atoms with van der Waals surface area (Å²) in [6, 6.07) is 0.0529. The van der Waals surface area contributed by atoms with Gasteiger partial charge in [-0.15, -0.1) is 0 Å². The van der Waals surface area contributed by atoms with Crippen LogP contribution in [0.2, 0.25) is 0 Å². The Morgan fingerprint density at radius 1 is 0.920 bits per heavy atom. The normalized spacial score (nSPS) is 37.9. The third-order valence-corrected chi connectivity index (χ3v) is 15.8. The van der Waals surface area contributed by atoms with E-state index in [4.69, 9.17) is 10.5 Å². The van der Waals surface area contributed by atoms with Crippen molar-refractivity contribution < 1.29 is 29.0 Å². The van der Waals surface area contributed by atoms with Gasteiger partial charge in [0.05, 0.1) is 18.4 Å². The Hall–Kier alpha value is -2.22. The number of aliphatic carboxylic acids is 1. The number of allylic oxidation sites excluding steroid dienone is 2. The Kier molecular flexibility index (Phi) is 10.4. The van der Waals surface area contributed by atoms with Gasteiger partial charge in [-0.3, -0.25) is 19.2 Å². The van der Waals surface area contributed by atoms with Crippen LogP contribution in [0.15, 0.2) is 11.1 Å². The van der Waals surface area contributed by atoms with E-state index in [1.54, 1.807) is 13.8 Å². The minimum atomic E-state index is -1.16. The molecule has 4 saturated carbocycles. The Balaban J connectivity index is 1.40. The highest BCUT2D eigenvalue weighted by molar-refractivity contribution is 6.01. The number of carboxylic acid groups (broad SMARTS) is 1. The maximum absolute atomic E-state index is 14.4. The molecule has 1 amide bonds. The van der Waals surface area contributed by atoms with Crippen LogP contribution in [0.5, 0.6) is 0 Å². The summed E-state index contributed by atoms with van der Waals surface area (Å²) in [6.07, 6.45) is 8.74. The minimum Gasteiger partial charge on any atom is -0.481 e. The van der Waals surface area contributed by atoms with Crippen LogP contribution in [0, 0.1) is 62.6 Å². The van der Waals surface area contributed by atoms with Gasteiger partial charge < -0.3 is 20.5 Å². The van der Waals surface area contributed by atoms with E-state index in [-0.39, 0.29) is 70.4 Å². The van der Waals surface area contributed by atoms with Gasteiger partial charge in [-0.05, 0) is 137 Å². The number of esters is 1. The molecule has 4 fully saturated rings. The van der Waals surface area contributed by atoms with Crippen LogP contribution < -0.4 is 5.73 Å². The van der Waals surface area contributed by atoms with E-state index in [9.17, 15) is 24.3 Å². The highest BCUT2D eigenvalue weighted by Gasteiger charge is 2.69. The van der Waals surface area contributed by atoms with E-state index in [2.05, 4.69) is 48.5 Å². The second-order valence-electron chi connectivity index (χ2n) is 19.6. The summed E-state index contributed by atoms with van der Waals surface area (Å²) in [5, 5.41) is 9.59. The standard InChI is InChI=1S/C42H68N2O6/c1-24(2)34-35-26(27(36(34)47)17-21-44(25(3)4)32(45)23-43)14-19-41(10)28(35)12-13-30-40(9)18-16-31(50-33(46)22-38(5,6)37(48)49)39(7,8)29(40)15-20-42(30,41)11/h24-31H,12-23,43H2,1-11H3,(H,48,49)/t26?,27-,28+,29?,30?,31-,40-,41+,42+/m0/s1. The van der Waals surface area contributed by atoms with Gasteiger partial charge in [0.2, 0.25) is 5.91 Å². The molecule has 0 spiro atoms. The van der Waals surface area contributed by atoms with Crippen molar-refractivity contribution in [2.75, 3.05) is 13.1 Å². The molecule has 8 heteroatoms. The van der Waals surface area contributed by atoms with Crippen LogP contribution in [0.4, 0.5) is 0 Å². The largest absolute Gasteiger partial charge is 0.481 e. The molecule has 0 aromatic heterocycles. The van der Waals surface area contributed by atoms with E-state index in [0.29, 0.717) is 36.5 Å². The van der Waals surface area contributed by atoms with Crippen molar-refractivity contribution in [2.45, 2.75) is 153 Å². The summed E-state index contributed by atoms with van der Waals surface area (Å²) >= 11 is 0. The zero-order valence-electron chi connectivity index (χ0n) is 33.1. The van der Waals surface area contributed by atoms with Gasteiger partial charge in [-0.1, -0.05) is 54.0 Å². The number of Topliss-reactive ketones (excluding diaryl/α,β-unsaturated/α-hetero) is 1. The van der Waals surface area contributed by atoms with Crippen molar-refractivity contribution in [1.82, 2.24) is 4.90 Å². The fourth-order valence-electron chi connectivity index (χ4n) is 12.9. The molecule has 5 aliphatic carbocycles. The highest BCUT2D eigenvalue weighted by atomic mass is 16.5. The topological polar surface area (TPSA) is 127 Å². The van der Waals surface area contributed by atoms with E-state index >= 15 is 0 Å². The van der Waals surface area contributed by atoms with Gasteiger partial charge in [0.1, 0.15) is 6.10 Å². The van der Waals surface area contributed by atoms with Crippen LogP contribution in [0.3, 0.4) is 0 Å². The number of hydrogen-bond donors (Lipinski definition) is 2. The quantitative estimate of drug-likeness (QED) is 0.223. The van der Waals surface area contributed by atoms with Crippen molar-refractivity contribution in [3.8, 4) is 0 Å². The fraction of sp³-hybridized carbons (Fsp3) is 0.857. The number of carbonyl (C=O) groups is 4. The molecule has 9 atom stereocenters. The highest BCUT2D eigenvalue weighted by Crippen LogP contribution is 2.75. The van der Waals surface area contributed by atoms with Gasteiger partial charge in [0, 0.05) is 23.9 Å². The van der Waals surface area contributed by atoms with Crippen molar-refractivity contribution in [3.05, 3.63) is 11.1 Å². The van der Waals surface area contributed by atoms with Crippen LogP contribution in [0.25, 0.3) is 0 Å². The molecular formula is C42H68N2O6. The van der Waals surface area contributed by atoms with Gasteiger partial charge in [-0.25, -0.2) is 0 Å². The average Bonchev–Trinajstić information content (AvgIpc) is 3.29. The molecule has 282 valence electrons. The molecule has 0 saturated heterocycles. The van der Waals surface area contributed by atoms with E-state index in [1.807, 2.05) is 18.7 Å². The lowest BCUT2D eigenvalue weighted by Crippen LogP contribution is -2.65. The predicted molar refractivity (Wildman–Crippen MR) is 196 cm³/mol. The lowest BCUT2D eigenvalue weighted by molar-refractivity contribution is -0.232. The first-order chi connectivity index (χ1) is 23.1. The SMILES string of the molecule is CC(C)C1=C2C(CC[C@]3(C)[C@@H]2CCC2[C@@]4(C)CC[C@H](OC(=O)CC(C)(C)C(=O)O)C(C)(C)C4CC[C@]23C)[C@H](CCN(C(=O)CN)C(C)C)C1=O. The van der Waals surface area contributed by atoms with E-state index < -0.39 is 17.4 Å². The summed E-state index contributed by atoms with van der Waals surface area (Å²) in [5.41, 5.74) is 7.25. The Morgan fingerprint density at radius 3 is 2.14 bits per heavy atom. The van der Waals surface area contributed by atoms with Gasteiger partial charge in [-0.2, -0.15) is 0 Å². The number of fused-ring (bicyclic) bond motifs is 7. The first-order valence-electron chi connectivity index (χ1n) is 19.8. The monoisotopic (exact) mass is 697 g/mol. The molecule has 50 heavy (non-hydrogen) atoms. The van der Waals surface area contributed by atoms with Crippen molar-refractivity contribution >= 4 is 23.6 Å². The number of hydrogen-bond acceptors (Lipinski definition) is 6. The van der Waals surface area contributed by atoms with Crippen LogP contribution in [-0.4, -0.2) is 58.9 Å². The molecule has 0 radical (unpaired) electrons. The maximum Gasteiger partial charge on any atom is 0.309 e. The number of ether oxygens (including phenoxy) is 1. The van der Waals surface area contributed by atoms with Crippen LogP contribution in [0.1, 0.15) is 140 Å². The number of carboxylic acids is 1. The summed E-state index contributed by atoms with van der Waals surface area (Å²) < 4.78 is 6.15. The van der Waals surface area contributed by atoms with Crippen molar-refractivity contribution in [2.24, 2.45) is 68.3 Å². The molecule has 0 aromatic carbocycles. The zero-order chi connectivity index (χ0) is 37.4. The third kappa shape index (κ3) is 5.99. The third-order valence-electron chi connectivity index (χ3n) is 15.8. The molecule has 0 aromatic rings. The second kappa shape index (κ2) is 13.3. The predicted octanol–water partition coefficient (Wildman–Crippen LogP) is 7.82. The molecule has 5 rings (SSSR count). The summed E-state index contributed by atoms with van der Waals surface area (Å²) in [7, 11) is 0. The number of amides is 1. The zero-order valence-corrected chi connectivity index (χ0v) is 33.1. The van der Waals surface area contributed by atoms with Crippen molar-refractivity contribution in [3.63, 3.8) is 0 Å². The lowest BCUT2D eigenvalue weighted by atomic mass is 9.33. The fourth-order valence-corrected chi connectivity index (χ4v) is 12.9. The number of carbonyl (C=O) groups excluding carboxylic acids is 3. The molecular weight excluding hydrogens is 628 g/mol. The molecule has 5 aliphatic rings. The van der Waals surface area contributed by atoms with Gasteiger partial charge in [0.25, 0.3) is 0 Å². The number of nitrogens with zero attached hydrogens (tertiary/aromatic N) is 1. The molecule has 3 N–H and O–H groups in total. The average molecular weight is 697 g/mol. The first-order valence-corrected chi connectivity index (χ1v) is 19.8. The summed E-state index contributed by atoms with van der Waals surface area (Å²) in [6.45, 7) is 24.4. The number of ketones is 1. The summed E-state index contributed by atoms with van der Waals surface area (Å²) in [5.74, 6) is 0.592. The molecule has 0 heterocycles. The minimum absolute atomic E-state index is 0.00492. The molecule has 0 bridgehead atoms.